The van der Waals surface area contributed by atoms with Crippen LogP contribution in [0.4, 0.5) is 17.1 Å². The minimum Gasteiger partial charge on any atom is -0.310 e. The molecule has 1 aliphatic carbocycles. The zero-order valence-corrected chi connectivity index (χ0v) is 32.0. The van der Waals surface area contributed by atoms with Crippen molar-refractivity contribution in [1.82, 2.24) is 4.57 Å². The molecule has 0 saturated heterocycles. The molecule has 2 nitrogen and oxygen atoms in total. The van der Waals surface area contributed by atoms with Crippen molar-refractivity contribution < 1.29 is 0 Å². The van der Waals surface area contributed by atoms with Crippen molar-refractivity contribution in [3.63, 3.8) is 0 Å². The quantitative estimate of drug-likeness (QED) is 0.165. The second kappa shape index (κ2) is 13.0. The highest BCUT2D eigenvalue weighted by Gasteiger charge is 2.35. The molecule has 57 heavy (non-hydrogen) atoms. The first-order valence-corrected chi connectivity index (χ1v) is 19.8. The Morgan fingerprint density at radius 1 is 0.368 bits per heavy atom. The Bertz CT molecular complexity index is 3130. The predicted octanol–water partition coefficient (Wildman–Crippen LogP) is 15.0. The molecule has 0 radical (unpaired) electrons. The maximum absolute atomic E-state index is 2.45. The van der Waals surface area contributed by atoms with Gasteiger partial charge in [0.2, 0.25) is 0 Å². The smallest absolute Gasteiger partial charge is 0.0541 e. The Kier molecular flexibility index (Phi) is 7.55. The van der Waals surface area contributed by atoms with Crippen LogP contribution in [0.5, 0.6) is 0 Å². The average Bonchev–Trinajstić information content (AvgIpc) is 3.72. The van der Waals surface area contributed by atoms with Crippen LogP contribution in [0.2, 0.25) is 0 Å². The molecule has 0 spiro atoms. The monoisotopic (exact) mass is 728 g/mol. The van der Waals surface area contributed by atoms with Crippen molar-refractivity contribution in [2.45, 2.75) is 19.3 Å². The first-order chi connectivity index (χ1) is 28.0. The van der Waals surface area contributed by atoms with Gasteiger partial charge in [-0.3, -0.25) is 0 Å². The molecule has 1 heterocycles. The van der Waals surface area contributed by atoms with Crippen molar-refractivity contribution >= 4 is 49.6 Å². The summed E-state index contributed by atoms with van der Waals surface area (Å²) in [6, 6.07) is 75.6. The summed E-state index contributed by atoms with van der Waals surface area (Å²) >= 11 is 0. The molecule has 270 valence electrons. The zero-order valence-electron chi connectivity index (χ0n) is 32.0. The van der Waals surface area contributed by atoms with E-state index in [9.17, 15) is 0 Å². The van der Waals surface area contributed by atoms with E-state index in [1.807, 2.05) is 0 Å². The fourth-order valence-corrected chi connectivity index (χ4v) is 9.26. The van der Waals surface area contributed by atoms with E-state index in [0.717, 1.165) is 17.1 Å². The van der Waals surface area contributed by atoms with Crippen molar-refractivity contribution in [2.24, 2.45) is 0 Å². The summed E-state index contributed by atoms with van der Waals surface area (Å²) in [5.74, 6) is 0. The van der Waals surface area contributed by atoms with Gasteiger partial charge in [0.1, 0.15) is 0 Å². The highest BCUT2D eigenvalue weighted by atomic mass is 15.1. The molecule has 0 unspecified atom stereocenters. The van der Waals surface area contributed by atoms with Gasteiger partial charge in [-0.15, -0.1) is 0 Å². The van der Waals surface area contributed by atoms with E-state index < -0.39 is 0 Å². The normalized spacial score (nSPS) is 12.9. The van der Waals surface area contributed by atoms with Crippen LogP contribution < -0.4 is 4.90 Å². The first kappa shape index (κ1) is 33.2. The third kappa shape index (κ3) is 5.40. The minimum absolute atomic E-state index is 0.0600. The third-order valence-corrected chi connectivity index (χ3v) is 12.2. The van der Waals surface area contributed by atoms with Crippen LogP contribution in [0.1, 0.15) is 25.0 Å². The molecule has 0 aliphatic heterocycles. The van der Waals surface area contributed by atoms with Gasteiger partial charge < -0.3 is 9.47 Å². The van der Waals surface area contributed by atoms with Gasteiger partial charge in [-0.25, -0.2) is 0 Å². The third-order valence-electron chi connectivity index (χ3n) is 12.2. The number of para-hydroxylation sites is 1. The summed E-state index contributed by atoms with van der Waals surface area (Å²) in [6.45, 7) is 4.71. The molecule has 0 fully saturated rings. The van der Waals surface area contributed by atoms with Gasteiger partial charge in [-0.05, 0) is 122 Å². The lowest BCUT2D eigenvalue weighted by atomic mass is 9.82. The lowest BCUT2D eigenvalue weighted by Gasteiger charge is -2.26. The number of benzene rings is 9. The minimum atomic E-state index is -0.0600. The van der Waals surface area contributed by atoms with E-state index in [2.05, 4.69) is 230 Å². The molecule has 0 N–H and O–H groups in total. The summed E-state index contributed by atoms with van der Waals surface area (Å²) in [6.07, 6.45) is 0. The van der Waals surface area contributed by atoms with Crippen LogP contribution in [-0.2, 0) is 5.41 Å². The molecule has 1 aliphatic rings. The summed E-state index contributed by atoms with van der Waals surface area (Å²) in [4.78, 5) is 2.36. The Hall–Kier alpha value is -7.16. The molecular formula is C55H40N2. The number of hydrogen-bond acceptors (Lipinski definition) is 1. The van der Waals surface area contributed by atoms with Crippen LogP contribution in [-0.4, -0.2) is 4.57 Å². The van der Waals surface area contributed by atoms with Crippen molar-refractivity contribution in [3.05, 3.63) is 217 Å². The van der Waals surface area contributed by atoms with Gasteiger partial charge in [0.05, 0.1) is 11.0 Å². The van der Waals surface area contributed by atoms with Crippen LogP contribution in [0.25, 0.3) is 71.6 Å². The molecule has 0 saturated carbocycles. The number of rotatable bonds is 6. The van der Waals surface area contributed by atoms with E-state index in [1.165, 1.54) is 82.8 Å². The van der Waals surface area contributed by atoms with E-state index >= 15 is 0 Å². The Balaban J connectivity index is 0.985. The summed E-state index contributed by atoms with van der Waals surface area (Å²) < 4.78 is 2.45. The standard InChI is InChI=1S/C55H40N2/c1-55(2)51-18-10-8-16-47(51)48-32-31-46(36-52(48)55)57-53-19-11-9-17-49(53)50-35-42(25-33-54(50)57)40-22-28-44(29-23-40)56(45-30-24-38-14-6-7-15-41(38)34-45)43-26-20-39(21-27-43)37-12-4-3-5-13-37/h3-36H,1-2H3. The highest BCUT2D eigenvalue weighted by molar-refractivity contribution is 6.10. The fourth-order valence-electron chi connectivity index (χ4n) is 9.26. The second-order valence-corrected chi connectivity index (χ2v) is 15.8. The summed E-state index contributed by atoms with van der Waals surface area (Å²) in [5, 5.41) is 4.97. The Morgan fingerprint density at radius 3 is 1.74 bits per heavy atom. The average molecular weight is 729 g/mol. The maximum Gasteiger partial charge on any atom is 0.0541 e. The van der Waals surface area contributed by atoms with E-state index in [4.69, 9.17) is 0 Å². The molecule has 0 bridgehead atoms. The van der Waals surface area contributed by atoms with Crippen LogP contribution in [0.15, 0.2) is 206 Å². The molecule has 0 atom stereocenters. The number of nitrogens with zero attached hydrogens (tertiary/aromatic N) is 2. The zero-order chi connectivity index (χ0) is 38.1. The van der Waals surface area contributed by atoms with E-state index in [0.29, 0.717) is 0 Å². The molecule has 9 aromatic carbocycles. The molecule has 11 rings (SSSR count). The topological polar surface area (TPSA) is 8.17 Å². The van der Waals surface area contributed by atoms with Crippen molar-refractivity contribution in [1.29, 1.82) is 0 Å². The number of aromatic nitrogens is 1. The summed E-state index contributed by atoms with van der Waals surface area (Å²) in [7, 11) is 0. The SMILES string of the molecule is CC1(C)c2ccccc2-c2ccc(-n3c4ccccc4c4cc(-c5ccc(N(c6ccc(-c7ccccc7)cc6)c6ccc7ccccc7c6)cc5)ccc43)cc21. The number of fused-ring (bicyclic) bond motifs is 7. The van der Waals surface area contributed by atoms with Crippen molar-refractivity contribution in [3.8, 4) is 39.1 Å². The van der Waals surface area contributed by atoms with Crippen molar-refractivity contribution in [2.75, 3.05) is 4.90 Å². The van der Waals surface area contributed by atoms with Gasteiger partial charge in [0.25, 0.3) is 0 Å². The molecule has 0 amide bonds. The van der Waals surface area contributed by atoms with Gasteiger partial charge >= 0.3 is 0 Å². The van der Waals surface area contributed by atoms with Gasteiger partial charge in [0.15, 0.2) is 0 Å². The van der Waals surface area contributed by atoms with E-state index in [-0.39, 0.29) is 5.41 Å². The van der Waals surface area contributed by atoms with Gasteiger partial charge in [-0.1, -0.05) is 153 Å². The Morgan fingerprint density at radius 2 is 0.947 bits per heavy atom. The predicted molar refractivity (Wildman–Crippen MR) is 241 cm³/mol. The number of anilines is 3. The van der Waals surface area contributed by atoms with E-state index in [1.54, 1.807) is 0 Å². The van der Waals surface area contributed by atoms with Gasteiger partial charge in [-0.2, -0.15) is 0 Å². The summed E-state index contributed by atoms with van der Waals surface area (Å²) in [5.41, 5.74) is 17.2. The lowest BCUT2D eigenvalue weighted by Crippen LogP contribution is -2.15. The molecule has 1 aromatic heterocycles. The molecule has 2 heteroatoms. The fraction of sp³-hybridized carbons (Fsp3) is 0.0545. The van der Waals surface area contributed by atoms with Crippen LogP contribution >= 0.6 is 0 Å². The lowest BCUT2D eigenvalue weighted by molar-refractivity contribution is 0.660. The molecular weight excluding hydrogens is 689 g/mol. The second-order valence-electron chi connectivity index (χ2n) is 15.8. The van der Waals surface area contributed by atoms with Crippen LogP contribution in [0.3, 0.4) is 0 Å². The van der Waals surface area contributed by atoms with Crippen LogP contribution in [0, 0.1) is 0 Å². The first-order valence-electron chi connectivity index (χ1n) is 19.8. The maximum atomic E-state index is 2.45. The number of hydrogen-bond donors (Lipinski definition) is 0. The molecule has 10 aromatic rings. The highest BCUT2D eigenvalue weighted by Crippen LogP contribution is 2.49. The Labute approximate surface area is 333 Å². The van der Waals surface area contributed by atoms with Gasteiger partial charge in [0, 0.05) is 38.9 Å². The largest absolute Gasteiger partial charge is 0.310 e.